The van der Waals surface area contributed by atoms with Crippen molar-refractivity contribution in [1.29, 1.82) is 0 Å². The standard InChI is InChI=1S/C24H36Cl2N4O3.C21H31Cl2N3O2.C19H28Cl2N4O2.C19H27Cl2N3O2.C5H11NO2/c1-29-21-12-11-19(30(15-13-25)16-14-26)18-20(21)27-22(29)8-4-2-3-5-9-23(31)28-33-24-10-6-7-17-32-24;1-3-28-21(27)9-7-5-4-6-8-20-24-18-16-17(10-11-19(18)25(20)2)26(14-12-22)15-13-23;1-24-17-9-8-15(25(12-10-20)13-11-21)14-16(17)22-18(24)6-4-2-3-5-7-19(26)23-27;1-23-17-9-8-15(24(12-10-20)13-11-21)14-16(17)22-18(23)6-4-2-3-5-7-19(25)26;6-8-5-3-1-2-4-7-5/h11-12,18,24H,2-10,13-17H2,1H3,(H,28,31);10-11,16H,3-9,12-15H2,1-2H3;8-9,14,27H,2-7,10-13H2,1H3,(H,23,26);8-9,14H,2-7,10-13H2,1H3,(H,25,26);5H,1-4,6H2/p+2. The highest BCUT2D eigenvalue weighted by Crippen LogP contribution is 2.30. The number of hydrogen-bond donors (Lipinski definition) is 5. The highest BCUT2D eigenvalue weighted by atomic mass is 35.5. The molecule has 26 nitrogen and oxygen atoms in total. The molecule has 4 aromatic heterocycles. The zero-order valence-electron chi connectivity index (χ0n) is 74.3. The molecular weight excluding hydrogens is 1730 g/mol. The minimum atomic E-state index is -0.714. The number of nitrogens with one attached hydrogen (secondary N) is 2. The third kappa shape index (κ3) is 37.1. The average molecular weight is 1860 g/mol. The van der Waals surface area contributed by atoms with E-state index in [-0.39, 0.29) is 39.6 Å². The number of carboxylic acid groups (broad SMARTS) is 1. The van der Waals surface area contributed by atoms with Gasteiger partial charge in [-0.3, -0.25) is 29.2 Å². The van der Waals surface area contributed by atoms with E-state index in [9.17, 15) is 19.2 Å². The van der Waals surface area contributed by atoms with Gasteiger partial charge in [-0.2, -0.15) is 0 Å². The lowest BCUT2D eigenvalue weighted by Gasteiger charge is -2.22. The monoisotopic (exact) mass is 1860 g/mol. The lowest BCUT2D eigenvalue weighted by Crippen LogP contribution is -2.32. The van der Waals surface area contributed by atoms with E-state index in [1.54, 1.807) is 5.48 Å². The number of hydrogen-bond acceptors (Lipinski definition) is 19. The smallest absolute Gasteiger partial charge is 0.481 e. The van der Waals surface area contributed by atoms with Gasteiger partial charge in [0.15, 0.2) is 12.6 Å². The number of aromatic nitrogens is 8. The molecule has 0 spiro atoms. The minimum Gasteiger partial charge on any atom is -0.481 e. The number of carbonyl (C=O) groups excluding carboxylic acids is 3. The topological polar surface area (TPSA) is 289 Å². The molecule has 6 heterocycles. The van der Waals surface area contributed by atoms with Crippen LogP contribution >= 0.6 is 92.8 Å². The molecule has 2 amide bonds. The van der Waals surface area contributed by atoms with E-state index in [0.29, 0.717) is 79.5 Å². The van der Waals surface area contributed by atoms with Crippen molar-refractivity contribution in [3.8, 4) is 0 Å². The molecule has 8 aromatic rings. The molecule has 682 valence electrons. The van der Waals surface area contributed by atoms with Gasteiger partial charge in [-0.15, -0.1) is 92.8 Å². The van der Waals surface area contributed by atoms with Crippen LogP contribution in [0.4, 0.5) is 22.7 Å². The van der Waals surface area contributed by atoms with Crippen LogP contribution in [-0.4, -0.2) is 204 Å². The second-order valence-corrected chi connectivity index (χ2v) is 33.3. The molecule has 0 bridgehead atoms. The highest BCUT2D eigenvalue weighted by molar-refractivity contribution is 6.20. The maximum Gasteiger partial charge on any atom is 1.00 e. The zero-order chi connectivity index (χ0) is 88.2. The van der Waals surface area contributed by atoms with Gasteiger partial charge in [-0.05, 0) is 157 Å². The number of imidazole rings is 4. The number of carbonyl (C=O) groups is 4. The summed E-state index contributed by atoms with van der Waals surface area (Å²) in [5, 5.41) is 17.1. The molecule has 2 aliphatic rings. The van der Waals surface area contributed by atoms with Crippen LogP contribution in [0.3, 0.4) is 0 Å². The fourth-order valence-corrected chi connectivity index (χ4v) is 16.3. The van der Waals surface area contributed by atoms with Crippen LogP contribution in [0, 0.1) is 0 Å². The number of benzene rings is 4. The Morgan fingerprint density at radius 3 is 1.00 bits per heavy atom. The van der Waals surface area contributed by atoms with Crippen molar-refractivity contribution in [2.75, 3.05) is 139 Å². The van der Waals surface area contributed by atoms with Crippen LogP contribution in [0.2, 0.25) is 0 Å². The molecule has 2 fully saturated rings. The Labute approximate surface area is 764 Å². The number of fused-ring (bicyclic) bond motifs is 4. The van der Waals surface area contributed by atoms with E-state index in [4.69, 9.17) is 148 Å². The van der Waals surface area contributed by atoms with Gasteiger partial charge in [-0.25, -0.2) is 41.6 Å². The molecule has 122 heavy (non-hydrogen) atoms. The molecule has 0 aliphatic carbocycles. The molecule has 34 heteroatoms. The Kier molecular flexibility index (Phi) is 52.6. The van der Waals surface area contributed by atoms with Gasteiger partial charge in [0.1, 0.15) is 23.3 Å². The van der Waals surface area contributed by atoms with Crippen molar-refractivity contribution >= 4 is 183 Å². The summed E-state index contributed by atoms with van der Waals surface area (Å²) in [6.45, 7) is 9.89. The first kappa shape index (κ1) is 105. The quantitative estimate of drug-likeness (QED) is 0.00778. The summed E-state index contributed by atoms with van der Waals surface area (Å²) in [6.07, 6.45) is 26.7. The number of rotatable bonds is 52. The van der Waals surface area contributed by atoms with E-state index in [2.05, 4.69) is 135 Å². The first-order valence-electron chi connectivity index (χ1n) is 43.4. The fourth-order valence-electron chi connectivity index (χ4n) is 14.7. The summed E-state index contributed by atoms with van der Waals surface area (Å²) in [5.41, 5.74) is 17.1. The maximum atomic E-state index is 11.9. The number of aryl methyl sites for hydroxylation is 8. The second-order valence-electron chi connectivity index (χ2n) is 30.3. The highest BCUT2D eigenvalue weighted by Gasteiger charge is 2.20. The van der Waals surface area contributed by atoms with Crippen LogP contribution in [0.25, 0.3) is 44.1 Å². The van der Waals surface area contributed by atoms with E-state index in [0.717, 1.165) is 310 Å². The van der Waals surface area contributed by atoms with Crippen LogP contribution < -0.4 is 36.5 Å². The zero-order valence-corrected chi connectivity index (χ0v) is 78.3. The Bertz CT molecular complexity index is 4270. The van der Waals surface area contributed by atoms with Crippen molar-refractivity contribution < 1.29 is 56.2 Å². The van der Waals surface area contributed by atoms with Crippen molar-refractivity contribution in [2.45, 2.75) is 212 Å². The van der Waals surface area contributed by atoms with E-state index in [1.165, 1.54) is 6.42 Å². The van der Waals surface area contributed by atoms with Crippen LogP contribution in [0.5, 0.6) is 0 Å². The van der Waals surface area contributed by atoms with Crippen molar-refractivity contribution in [3.63, 3.8) is 0 Å². The lowest BCUT2D eigenvalue weighted by molar-refractivity contribution is -0.200. The summed E-state index contributed by atoms with van der Waals surface area (Å²) in [4.78, 5) is 82.6. The Balaban J connectivity index is 0.000000335. The summed E-state index contributed by atoms with van der Waals surface area (Å²) < 4.78 is 24.1. The first-order valence-corrected chi connectivity index (χ1v) is 47.7. The first-order chi connectivity index (χ1) is 59.3. The lowest BCUT2D eigenvalue weighted by atomic mass is 10.1. The minimum absolute atomic E-state index is 0. The molecule has 2 atom stereocenters. The number of ether oxygens (including phenoxy) is 3. The number of esters is 1. The number of nitrogens with zero attached hydrogens (tertiary/aromatic N) is 12. The SMILES string of the molecule is CCOC(=O)CCCCCCc1nc2cc(N(CCCl)CCCl)ccc2n1C.Cn1c(CCCCCCC(=O)NO)nc2cc(N(CCCl)CCCl)ccc21.Cn1c(CCCCCCC(=O)NOC2CCCCO2)nc2cc(N(CCCl)CCCl)ccc21.Cn1c(CCCCCCC(=O)O)nc2cc(N(CCCl)CCCl)ccc21.NOC1CCCCO1.[H+].[H+]. The number of hydroxylamine groups is 2. The predicted molar refractivity (Wildman–Crippen MR) is 503 cm³/mol. The number of carboxylic acids is 1. The average Bonchev–Trinajstić information content (AvgIpc) is 1.67. The van der Waals surface area contributed by atoms with Gasteiger partial charge in [0.2, 0.25) is 11.8 Å². The van der Waals surface area contributed by atoms with Gasteiger partial charge >= 0.3 is 14.8 Å². The molecule has 0 saturated carbocycles. The maximum absolute atomic E-state index is 11.9. The summed E-state index contributed by atoms with van der Waals surface area (Å²) >= 11 is 47.4. The van der Waals surface area contributed by atoms with Crippen molar-refractivity contribution in [1.82, 2.24) is 49.2 Å². The third-order valence-electron chi connectivity index (χ3n) is 21.5. The predicted octanol–water partition coefficient (Wildman–Crippen LogP) is 18.8. The Morgan fingerprint density at radius 1 is 0.434 bits per heavy atom. The van der Waals surface area contributed by atoms with Gasteiger partial charge in [0.05, 0.1) is 50.7 Å². The number of unbranched alkanes of at least 4 members (excludes halogenated alkanes) is 12. The number of aliphatic carboxylic acids is 1. The van der Waals surface area contributed by atoms with Gasteiger partial charge in [0, 0.05) is 228 Å². The normalized spacial score (nSPS) is 13.8. The number of amides is 2. The Morgan fingerprint density at radius 2 is 0.730 bits per heavy atom. The molecule has 2 aliphatic heterocycles. The number of halogens is 8. The van der Waals surface area contributed by atoms with Gasteiger partial charge in [0.25, 0.3) is 0 Å². The van der Waals surface area contributed by atoms with E-state index >= 15 is 0 Å². The van der Waals surface area contributed by atoms with Crippen LogP contribution in [-0.2, 0) is 96.9 Å². The summed E-state index contributed by atoms with van der Waals surface area (Å²) in [7, 11) is 8.23. The number of anilines is 4. The summed E-state index contributed by atoms with van der Waals surface area (Å²) in [5.74, 6) is 12.5. The van der Waals surface area contributed by atoms with Gasteiger partial charge in [-0.1, -0.05) is 51.4 Å². The molecule has 10 rings (SSSR count). The second kappa shape index (κ2) is 61.3. The largest absolute Gasteiger partial charge is 1.00 e. The van der Waals surface area contributed by atoms with Gasteiger partial charge < -0.3 is 57.2 Å². The van der Waals surface area contributed by atoms with Crippen molar-refractivity contribution in [3.05, 3.63) is 96.1 Å². The molecule has 2 saturated heterocycles. The fraction of sp³-hybridized carbons (Fsp3) is 0.636. The van der Waals surface area contributed by atoms with E-state index < -0.39 is 5.97 Å². The number of alkyl halides is 8. The van der Waals surface area contributed by atoms with Crippen LogP contribution in [0.1, 0.15) is 200 Å². The van der Waals surface area contributed by atoms with Crippen molar-refractivity contribution in [2.24, 2.45) is 34.1 Å². The molecule has 0 radical (unpaired) electrons. The Hall–Kier alpha value is -6.08. The molecular formula is C88H135Cl8N15O11+2. The van der Waals surface area contributed by atoms with Crippen LogP contribution in [0.15, 0.2) is 72.8 Å². The molecule has 4 aromatic carbocycles. The third-order valence-corrected chi connectivity index (χ3v) is 22.8. The van der Waals surface area contributed by atoms with E-state index in [1.807, 2.05) is 21.0 Å². The molecule has 2 unspecified atom stereocenters. The summed E-state index contributed by atoms with van der Waals surface area (Å²) in [6, 6.07) is 25.3. The number of nitrogens with two attached hydrogens (primary N) is 1. The molecule has 6 N–H and O–H groups in total.